The standard InChI is InChI=1S/C21H19ClN4/c22-18-8-6-17(7-9-18)21-20(19-10-12-23-14-24-19)25-15-26(21)13-11-16-4-2-1-3-5-16/h1-10,14-15H,11-13H2,(H,23,24). The predicted molar refractivity (Wildman–Crippen MR) is 107 cm³/mol. The summed E-state index contributed by atoms with van der Waals surface area (Å²) in [6, 6.07) is 18.4. The van der Waals surface area contributed by atoms with E-state index in [2.05, 4.69) is 50.2 Å². The van der Waals surface area contributed by atoms with Gasteiger partial charge in [0.25, 0.3) is 0 Å². The minimum Gasteiger partial charge on any atom is -0.345 e. The van der Waals surface area contributed by atoms with Gasteiger partial charge in [-0.05, 0) is 30.2 Å². The number of nitrogens with one attached hydrogen (secondary N) is 1. The summed E-state index contributed by atoms with van der Waals surface area (Å²) in [5.41, 5.74) is 5.42. The molecule has 3 aromatic rings. The van der Waals surface area contributed by atoms with Crippen molar-refractivity contribution in [1.82, 2.24) is 14.9 Å². The van der Waals surface area contributed by atoms with Crippen molar-refractivity contribution >= 4 is 23.6 Å². The van der Waals surface area contributed by atoms with E-state index in [1.54, 1.807) is 6.34 Å². The maximum atomic E-state index is 6.08. The number of nitrogens with zero attached hydrogens (tertiary/aromatic N) is 3. The van der Waals surface area contributed by atoms with Crippen molar-refractivity contribution in [2.45, 2.75) is 13.0 Å². The smallest absolute Gasteiger partial charge is 0.112 e. The molecule has 0 atom stereocenters. The molecule has 1 aliphatic heterocycles. The van der Waals surface area contributed by atoms with E-state index in [9.17, 15) is 0 Å². The highest BCUT2D eigenvalue weighted by atomic mass is 35.5. The number of benzene rings is 2. The van der Waals surface area contributed by atoms with Crippen LogP contribution in [0.15, 0.2) is 72.0 Å². The number of halogens is 1. The second kappa shape index (κ2) is 7.58. The summed E-state index contributed by atoms with van der Waals surface area (Å²) >= 11 is 6.08. The molecule has 4 rings (SSSR count). The minimum absolute atomic E-state index is 0.666. The van der Waals surface area contributed by atoms with E-state index in [1.807, 2.05) is 36.7 Å². The molecule has 1 N–H and O–H groups in total. The first kappa shape index (κ1) is 16.6. The highest BCUT2D eigenvalue weighted by molar-refractivity contribution is 6.30. The zero-order chi connectivity index (χ0) is 17.8. The van der Waals surface area contributed by atoms with E-state index in [0.29, 0.717) is 6.54 Å². The maximum Gasteiger partial charge on any atom is 0.112 e. The number of aliphatic imine (C=N–C) groups is 1. The number of rotatable bonds is 5. The summed E-state index contributed by atoms with van der Waals surface area (Å²) in [4.78, 5) is 8.87. The summed E-state index contributed by atoms with van der Waals surface area (Å²) in [5, 5.41) is 3.94. The average molecular weight is 363 g/mol. The number of aryl methyl sites for hydroxylation is 2. The molecule has 1 aromatic heterocycles. The highest BCUT2D eigenvalue weighted by Gasteiger charge is 2.17. The topological polar surface area (TPSA) is 42.2 Å². The van der Waals surface area contributed by atoms with Crippen molar-refractivity contribution in [1.29, 1.82) is 0 Å². The molecule has 2 aromatic carbocycles. The SMILES string of the molecule is Clc1ccc(-c2c(C3=CCN=CN3)ncn2CCc2ccccc2)cc1. The van der Waals surface area contributed by atoms with Crippen LogP contribution in [0.4, 0.5) is 0 Å². The largest absolute Gasteiger partial charge is 0.345 e. The Bertz CT molecular complexity index is 940. The second-order valence-corrected chi connectivity index (χ2v) is 6.57. The Kier molecular flexibility index (Phi) is 4.84. The maximum absolute atomic E-state index is 6.08. The fraction of sp³-hybridized carbons (Fsp3) is 0.143. The molecule has 0 spiro atoms. The Morgan fingerprint density at radius 3 is 2.58 bits per heavy atom. The van der Waals surface area contributed by atoms with Crippen LogP contribution in [0.3, 0.4) is 0 Å². The van der Waals surface area contributed by atoms with Crippen LogP contribution in [0.5, 0.6) is 0 Å². The minimum atomic E-state index is 0.666. The van der Waals surface area contributed by atoms with Crippen molar-refractivity contribution in [2.24, 2.45) is 4.99 Å². The number of aromatic nitrogens is 2. The van der Waals surface area contributed by atoms with E-state index in [4.69, 9.17) is 11.6 Å². The number of hydrogen-bond acceptors (Lipinski definition) is 3. The molecule has 0 saturated heterocycles. The van der Waals surface area contributed by atoms with Gasteiger partial charge < -0.3 is 9.88 Å². The van der Waals surface area contributed by atoms with Gasteiger partial charge in [-0.2, -0.15) is 0 Å². The number of hydrogen-bond donors (Lipinski definition) is 1. The lowest BCUT2D eigenvalue weighted by Crippen LogP contribution is -2.15. The number of imidazole rings is 1. The monoisotopic (exact) mass is 362 g/mol. The van der Waals surface area contributed by atoms with Gasteiger partial charge in [0.05, 0.1) is 30.6 Å². The van der Waals surface area contributed by atoms with Gasteiger partial charge in [-0.15, -0.1) is 0 Å². The normalized spacial score (nSPS) is 13.3. The molecule has 0 unspecified atom stereocenters. The molecular weight excluding hydrogens is 344 g/mol. The highest BCUT2D eigenvalue weighted by Crippen LogP contribution is 2.29. The Balaban J connectivity index is 1.70. The summed E-state index contributed by atoms with van der Waals surface area (Å²) in [6.07, 6.45) is 6.65. The molecule has 0 radical (unpaired) electrons. The molecule has 0 saturated carbocycles. The second-order valence-electron chi connectivity index (χ2n) is 6.13. The molecule has 0 amide bonds. The van der Waals surface area contributed by atoms with Crippen molar-refractivity contribution in [3.8, 4) is 11.3 Å². The summed E-state index contributed by atoms with van der Waals surface area (Å²) in [6.45, 7) is 1.52. The molecule has 5 heteroatoms. The first-order valence-electron chi connectivity index (χ1n) is 8.61. The molecule has 130 valence electrons. The third-order valence-corrected chi connectivity index (χ3v) is 4.66. The van der Waals surface area contributed by atoms with Crippen LogP contribution < -0.4 is 5.32 Å². The lowest BCUT2D eigenvalue weighted by atomic mass is 10.1. The summed E-state index contributed by atoms with van der Waals surface area (Å²) in [7, 11) is 0. The summed E-state index contributed by atoms with van der Waals surface area (Å²) in [5.74, 6) is 0. The van der Waals surface area contributed by atoms with Gasteiger partial charge in [0.1, 0.15) is 5.69 Å². The van der Waals surface area contributed by atoms with Gasteiger partial charge >= 0.3 is 0 Å². The van der Waals surface area contributed by atoms with Gasteiger partial charge in [-0.25, -0.2) is 4.98 Å². The van der Waals surface area contributed by atoms with Crippen LogP contribution >= 0.6 is 11.6 Å². The fourth-order valence-electron chi connectivity index (χ4n) is 3.09. The van der Waals surface area contributed by atoms with E-state index < -0.39 is 0 Å². The van der Waals surface area contributed by atoms with Crippen molar-refractivity contribution in [3.05, 3.63) is 83.3 Å². The lowest BCUT2D eigenvalue weighted by Gasteiger charge is -2.14. The van der Waals surface area contributed by atoms with E-state index in [0.717, 1.165) is 40.6 Å². The van der Waals surface area contributed by atoms with Crippen LogP contribution in [0.1, 0.15) is 11.3 Å². The van der Waals surface area contributed by atoms with E-state index >= 15 is 0 Å². The quantitative estimate of drug-likeness (QED) is 0.730. The van der Waals surface area contributed by atoms with Gasteiger partial charge in [0.2, 0.25) is 0 Å². The van der Waals surface area contributed by atoms with Crippen LogP contribution in [-0.4, -0.2) is 22.4 Å². The lowest BCUT2D eigenvalue weighted by molar-refractivity contribution is 0.701. The summed E-state index contributed by atoms with van der Waals surface area (Å²) < 4.78 is 2.21. The van der Waals surface area contributed by atoms with Crippen LogP contribution in [0.2, 0.25) is 5.02 Å². The van der Waals surface area contributed by atoms with Crippen LogP contribution in [0, 0.1) is 0 Å². The third kappa shape index (κ3) is 3.55. The van der Waals surface area contributed by atoms with Crippen molar-refractivity contribution < 1.29 is 0 Å². The van der Waals surface area contributed by atoms with E-state index in [-0.39, 0.29) is 0 Å². The average Bonchev–Trinajstić information content (AvgIpc) is 3.12. The first-order valence-corrected chi connectivity index (χ1v) is 8.99. The van der Waals surface area contributed by atoms with Gasteiger partial charge in [-0.1, -0.05) is 54.1 Å². The van der Waals surface area contributed by atoms with Crippen molar-refractivity contribution in [2.75, 3.05) is 6.54 Å². The molecule has 0 fully saturated rings. The molecule has 26 heavy (non-hydrogen) atoms. The Morgan fingerprint density at radius 2 is 1.85 bits per heavy atom. The van der Waals surface area contributed by atoms with Gasteiger partial charge in [-0.3, -0.25) is 4.99 Å². The zero-order valence-corrected chi connectivity index (χ0v) is 15.0. The van der Waals surface area contributed by atoms with Crippen molar-refractivity contribution in [3.63, 3.8) is 0 Å². The van der Waals surface area contributed by atoms with Gasteiger partial charge in [0, 0.05) is 17.1 Å². The molecule has 2 heterocycles. The molecule has 1 aliphatic rings. The Labute approximate surface area is 157 Å². The van der Waals surface area contributed by atoms with E-state index in [1.165, 1.54) is 5.56 Å². The molecular formula is C21H19ClN4. The third-order valence-electron chi connectivity index (χ3n) is 4.41. The fourth-order valence-corrected chi connectivity index (χ4v) is 3.22. The van der Waals surface area contributed by atoms with Gasteiger partial charge in [0.15, 0.2) is 0 Å². The first-order chi connectivity index (χ1) is 12.8. The Hall–Kier alpha value is -2.85. The van der Waals surface area contributed by atoms with Crippen LogP contribution in [-0.2, 0) is 13.0 Å². The van der Waals surface area contributed by atoms with Crippen LogP contribution in [0.25, 0.3) is 17.0 Å². The Morgan fingerprint density at radius 1 is 1.04 bits per heavy atom. The molecule has 0 bridgehead atoms. The molecule has 0 aliphatic carbocycles. The zero-order valence-electron chi connectivity index (χ0n) is 14.3. The molecule has 4 nitrogen and oxygen atoms in total. The predicted octanol–water partition coefficient (Wildman–Crippen LogP) is 4.42.